The molecule has 0 aliphatic carbocycles. The van der Waals surface area contributed by atoms with E-state index in [0.29, 0.717) is 13.1 Å². The van der Waals surface area contributed by atoms with Crippen LogP contribution < -0.4 is 11.5 Å². The lowest BCUT2D eigenvalue weighted by Gasteiger charge is -2.05. The van der Waals surface area contributed by atoms with Crippen LogP contribution in [-0.2, 0) is 19.6 Å². The molecule has 0 unspecified atom stereocenters. The minimum Gasteiger partial charge on any atom is -0.344 e. The van der Waals surface area contributed by atoms with E-state index in [2.05, 4.69) is 35.8 Å². The number of hydrogen-bond donors (Lipinski definition) is 2. The van der Waals surface area contributed by atoms with E-state index in [1.165, 1.54) is 22.2 Å². The molecule has 1 aromatic heterocycles. The zero-order valence-corrected chi connectivity index (χ0v) is 9.03. The quantitative estimate of drug-likeness (QED) is 0.795. The van der Waals surface area contributed by atoms with Crippen LogP contribution in [0.25, 0.3) is 10.9 Å². The Morgan fingerprint density at radius 1 is 1.13 bits per heavy atom. The first-order chi connectivity index (χ1) is 7.30. The largest absolute Gasteiger partial charge is 0.344 e. The molecule has 1 heterocycles. The Morgan fingerprint density at radius 3 is 2.53 bits per heavy atom. The van der Waals surface area contributed by atoms with Crippen molar-refractivity contribution in [1.29, 1.82) is 0 Å². The first-order valence-electron chi connectivity index (χ1n) is 5.31. The van der Waals surface area contributed by atoms with Crippen molar-refractivity contribution >= 4 is 10.9 Å². The van der Waals surface area contributed by atoms with Crippen LogP contribution in [0.5, 0.6) is 0 Å². The summed E-state index contributed by atoms with van der Waals surface area (Å²) in [6.45, 7) is 4.26. The molecule has 3 nitrogen and oxygen atoms in total. The summed E-state index contributed by atoms with van der Waals surface area (Å²) in [5.74, 6) is 0. The molecular weight excluding hydrogens is 186 g/mol. The van der Waals surface area contributed by atoms with Gasteiger partial charge in [0.25, 0.3) is 0 Å². The van der Waals surface area contributed by atoms with Crippen molar-refractivity contribution < 1.29 is 0 Å². The van der Waals surface area contributed by atoms with E-state index in [1.54, 1.807) is 0 Å². The number of nitrogens with two attached hydrogens (primary N) is 2. The Morgan fingerprint density at radius 2 is 1.93 bits per heavy atom. The van der Waals surface area contributed by atoms with Crippen LogP contribution in [-0.4, -0.2) is 4.57 Å². The van der Waals surface area contributed by atoms with E-state index < -0.39 is 0 Å². The smallest absolute Gasteiger partial charge is 0.0483 e. The Kier molecular flexibility index (Phi) is 2.75. The summed E-state index contributed by atoms with van der Waals surface area (Å²) in [6.07, 6.45) is 0. The van der Waals surface area contributed by atoms with Gasteiger partial charge in [-0.15, -0.1) is 0 Å². The lowest BCUT2D eigenvalue weighted by molar-refractivity contribution is 0.739. The molecule has 0 aliphatic heterocycles. The van der Waals surface area contributed by atoms with Crippen molar-refractivity contribution in [2.75, 3.05) is 0 Å². The number of rotatable bonds is 3. The molecule has 4 N–H and O–H groups in total. The maximum Gasteiger partial charge on any atom is 0.0483 e. The molecule has 0 fully saturated rings. The molecule has 3 heteroatoms. The zero-order chi connectivity index (χ0) is 10.8. The Balaban J connectivity index is 2.65. The summed E-state index contributed by atoms with van der Waals surface area (Å²) in [6, 6.07) is 8.49. The molecule has 0 radical (unpaired) electrons. The molecule has 0 atom stereocenters. The van der Waals surface area contributed by atoms with E-state index in [4.69, 9.17) is 11.5 Å². The molecule has 0 aliphatic rings. The normalized spacial score (nSPS) is 11.1. The highest BCUT2D eigenvalue weighted by molar-refractivity contribution is 5.82. The van der Waals surface area contributed by atoms with Crippen LogP contribution >= 0.6 is 0 Å². The zero-order valence-electron chi connectivity index (χ0n) is 9.03. The Bertz CT molecular complexity index is 471. The maximum absolute atomic E-state index is 5.72. The van der Waals surface area contributed by atoms with Crippen molar-refractivity contribution in [2.24, 2.45) is 11.5 Å². The van der Waals surface area contributed by atoms with E-state index in [9.17, 15) is 0 Å². The van der Waals surface area contributed by atoms with Crippen molar-refractivity contribution in [3.63, 3.8) is 0 Å². The summed E-state index contributed by atoms with van der Waals surface area (Å²) in [7, 11) is 0. The molecule has 1 aromatic carbocycles. The van der Waals surface area contributed by atoms with Crippen LogP contribution in [0.2, 0.25) is 0 Å². The lowest BCUT2D eigenvalue weighted by Crippen LogP contribution is -2.05. The van der Waals surface area contributed by atoms with Crippen molar-refractivity contribution in [2.45, 2.75) is 26.6 Å². The predicted molar refractivity (Wildman–Crippen MR) is 63.4 cm³/mol. The third kappa shape index (κ3) is 1.64. The van der Waals surface area contributed by atoms with E-state index >= 15 is 0 Å². The van der Waals surface area contributed by atoms with Crippen LogP contribution in [0.3, 0.4) is 0 Å². The third-order valence-electron chi connectivity index (χ3n) is 2.81. The van der Waals surface area contributed by atoms with Gasteiger partial charge in [0.1, 0.15) is 0 Å². The number of aromatic nitrogens is 1. The average Bonchev–Trinajstić information content (AvgIpc) is 2.65. The molecule has 80 valence electrons. The highest BCUT2D eigenvalue weighted by Gasteiger charge is 2.06. The van der Waals surface area contributed by atoms with E-state index in [1.807, 2.05) is 0 Å². The van der Waals surface area contributed by atoms with Crippen LogP contribution in [0, 0.1) is 0 Å². The fourth-order valence-electron chi connectivity index (χ4n) is 2.05. The molecule has 0 saturated heterocycles. The van der Waals surface area contributed by atoms with Crippen molar-refractivity contribution in [3.8, 4) is 0 Å². The summed E-state index contributed by atoms with van der Waals surface area (Å²) in [5, 5.41) is 1.24. The van der Waals surface area contributed by atoms with Gasteiger partial charge in [0, 0.05) is 36.2 Å². The first kappa shape index (κ1) is 10.2. The molecule has 0 amide bonds. The first-order valence-corrected chi connectivity index (χ1v) is 5.31. The molecule has 0 bridgehead atoms. The lowest BCUT2D eigenvalue weighted by atomic mass is 10.1. The third-order valence-corrected chi connectivity index (χ3v) is 2.81. The second kappa shape index (κ2) is 4.04. The van der Waals surface area contributed by atoms with Gasteiger partial charge in [-0.1, -0.05) is 6.07 Å². The number of fused-ring (bicyclic) bond motifs is 1. The summed E-state index contributed by atoms with van der Waals surface area (Å²) < 4.78 is 2.25. The number of aryl methyl sites for hydroxylation is 1. The second-order valence-electron chi connectivity index (χ2n) is 3.68. The average molecular weight is 203 g/mol. The van der Waals surface area contributed by atoms with Gasteiger partial charge >= 0.3 is 0 Å². The van der Waals surface area contributed by atoms with Gasteiger partial charge in [0.2, 0.25) is 0 Å². The molecule has 2 aromatic rings. The monoisotopic (exact) mass is 203 g/mol. The van der Waals surface area contributed by atoms with Crippen molar-refractivity contribution in [1.82, 2.24) is 4.57 Å². The van der Waals surface area contributed by atoms with Crippen molar-refractivity contribution in [3.05, 3.63) is 35.5 Å². The summed E-state index contributed by atoms with van der Waals surface area (Å²) >= 11 is 0. The van der Waals surface area contributed by atoms with Gasteiger partial charge in [-0.25, -0.2) is 0 Å². The second-order valence-corrected chi connectivity index (χ2v) is 3.68. The fourth-order valence-corrected chi connectivity index (χ4v) is 2.05. The highest BCUT2D eigenvalue weighted by Crippen LogP contribution is 2.21. The van der Waals surface area contributed by atoms with Crippen LogP contribution in [0.4, 0.5) is 0 Å². The Labute approximate surface area is 89.7 Å². The molecule has 2 rings (SSSR count). The standard InChI is InChI=1S/C12H17N3/c1-2-15-11(8-14)6-10-5-9(7-13)3-4-12(10)15/h3-6H,2,7-8,13-14H2,1H3. The number of hydrogen-bond acceptors (Lipinski definition) is 2. The van der Waals surface area contributed by atoms with Gasteiger partial charge < -0.3 is 16.0 Å². The van der Waals surface area contributed by atoms with Gasteiger partial charge in [-0.05, 0) is 30.7 Å². The van der Waals surface area contributed by atoms with Gasteiger partial charge in [-0.3, -0.25) is 0 Å². The number of benzene rings is 1. The molecule has 0 saturated carbocycles. The van der Waals surface area contributed by atoms with E-state index in [-0.39, 0.29) is 0 Å². The molecule has 15 heavy (non-hydrogen) atoms. The van der Waals surface area contributed by atoms with Gasteiger partial charge in [0.15, 0.2) is 0 Å². The Hall–Kier alpha value is -1.32. The van der Waals surface area contributed by atoms with Crippen LogP contribution in [0.1, 0.15) is 18.2 Å². The highest BCUT2D eigenvalue weighted by atomic mass is 15.0. The van der Waals surface area contributed by atoms with Crippen LogP contribution in [0.15, 0.2) is 24.3 Å². The predicted octanol–water partition coefficient (Wildman–Crippen LogP) is 1.58. The number of nitrogens with zero attached hydrogens (tertiary/aromatic N) is 1. The molecule has 0 spiro atoms. The minimum absolute atomic E-state index is 0.584. The summed E-state index contributed by atoms with van der Waals surface area (Å²) in [4.78, 5) is 0. The SMILES string of the molecule is CCn1c(CN)cc2cc(CN)ccc21. The topological polar surface area (TPSA) is 57.0 Å². The van der Waals surface area contributed by atoms with Gasteiger partial charge in [0.05, 0.1) is 0 Å². The van der Waals surface area contributed by atoms with E-state index in [0.717, 1.165) is 6.54 Å². The van der Waals surface area contributed by atoms with Gasteiger partial charge in [-0.2, -0.15) is 0 Å². The summed E-state index contributed by atoms with van der Waals surface area (Å²) in [5.41, 5.74) is 14.9. The molecular formula is C12H17N3. The maximum atomic E-state index is 5.72. The fraction of sp³-hybridized carbons (Fsp3) is 0.333. The minimum atomic E-state index is 0.584.